The van der Waals surface area contributed by atoms with Crippen LogP contribution in [-0.2, 0) is 4.79 Å². The van der Waals surface area contributed by atoms with Crippen LogP contribution >= 0.6 is 11.8 Å². The summed E-state index contributed by atoms with van der Waals surface area (Å²) in [6.07, 6.45) is 4.97. The van der Waals surface area contributed by atoms with Crippen molar-refractivity contribution >= 4 is 17.7 Å². The number of carbonyl (C=O) groups excluding carboxylic acids is 1. The molecule has 104 valence electrons. The van der Waals surface area contributed by atoms with Gasteiger partial charge in [0, 0.05) is 30.8 Å². The summed E-state index contributed by atoms with van der Waals surface area (Å²) in [7, 11) is 0. The summed E-state index contributed by atoms with van der Waals surface area (Å²) in [6.45, 7) is 0.605. The molecule has 1 amide bonds. The maximum atomic E-state index is 11.7. The van der Waals surface area contributed by atoms with E-state index in [9.17, 15) is 9.90 Å². The fourth-order valence-corrected chi connectivity index (χ4v) is 3.08. The fourth-order valence-electron chi connectivity index (χ4n) is 2.27. The zero-order valence-corrected chi connectivity index (χ0v) is 11.7. The highest BCUT2D eigenvalue weighted by Crippen LogP contribution is 2.24. The SMILES string of the molecule is O=C(CCSc1ccccn1)NCC1CCCC1O. The molecule has 1 fully saturated rings. The summed E-state index contributed by atoms with van der Waals surface area (Å²) in [4.78, 5) is 15.9. The quantitative estimate of drug-likeness (QED) is 0.781. The minimum absolute atomic E-state index is 0.0579. The maximum Gasteiger partial charge on any atom is 0.220 e. The lowest BCUT2D eigenvalue weighted by Crippen LogP contribution is -2.32. The van der Waals surface area contributed by atoms with Crippen molar-refractivity contribution in [1.29, 1.82) is 0 Å². The normalized spacial score (nSPS) is 22.4. The minimum atomic E-state index is -0.233. The van der Waals surface area contributed by atoms with Crippen molar-refractivity contribution in [3.8, 4) is 0 Å². The number of pyridine rings is 1. The summed E-state index contributed by atoms with van der Waals surface area (Å²) in [5.74, 6) is 1.03. The van der Waals surface area contributed by atoms with E-state index in [0.717, 1.165) is 30.0 Å². The van der Waals surface area contributed by atoms with Gasteiger partial charge in [0.2, 0.25) is 5.91 Å². The van der Waals surface area contributed by atoms with E-state index in [0.29, 0.717) is 13.0 Å². The summed E-state index contributed by atoms with van der Waals surface area (Å²) in [5, 5.41) is 13.5. The van der Waals surface area contributed by atoms with Crippen LogP contribution in [-0.4, -0.2) is 34.4 Å². The van der Waals surface area contributed by atoms with Crippen LogP contribution < -0.4 is 5.32 Å². The number of rotatable bonds is 6. The van der Waals surface area contributed by atoms with Crippen molar-refractivity contribution in [3.63, 3.8) is 0 Å². The molecular formula is C14H20N2O2S. The zero-order chi connectivity index (χ0) is 13.5. The number of thioether (sulfide) groups is 1. The lowest BCUT2D eigenvalue weighted by atomic mass is 10.1. The van der Waals surface area contributed by atoms with Gasteiger partial charge in [-0.1, -0.05) is 12.5 Å². The molecule has 1 aliphatic carbocycles. The molecule has 0 aromatic carbocycles. The number of aliphatic hydroxyl groups excluding tert-OH is 1. The Balaban J connectivity index is 1.59. The van der Waals surface area contributed by atoms with Crippen LogP contribution in [0.15, 0.2) is 29.4 Å². The molecular weight excluding hydrogens is 260 g/mol. The summed E-state index contributed by atoms with van der Waals surface area (Å²) in [6, 6.07) is 5.76. The van der Waals surface area contributed by atoms with Gasteiger partial charge in [0.1, 0.15) is 0 Å². The highest BCUT2D eigenvalue weighted by molar-refractivity contribution is 7.99. The Hall–Kier alpha value is -1.07. The number of hydrogen-bond acceptors (Lipinski definition) is 4. The molecule has 1 aromatic rings. The molecule has 1 heterocycles. The Morgan fingerprint density at radius 1 is 1.47 bits per heavy atom. The van der Waals surface area contributed by atoms with Gasteiger partial charge in [0.25, 0.3) is 0 Å². The van der Waals surface area contributed by atoms with Gasteiger partial charge < -0.3 is 10.4 Å². The molecule has 2 N–H and O–H groups in total. The van der Waals surface area contributed by atoms with Gasteiger partial charge in [-0.2, -0.15) is 0 Å². The molecule has 1 saturated carbocycles. The van der Waals surface area contributed by atoms with Crippen LogP contribution in [0.1, 0.15) is 25.7 Å². The van der Waals surface area contributed by atoms with Gasteiger partial charge in [-0.3, -0.25) is 4.79 Å². The first-order chi connectivity index (χ1) is 9.25. The Kier molecular flexibility index (Phi) is 5.66. The lowest BCUT2D eigenvalue weighted by Gasteiger charge is -2.14. The predicted molar refractivity (Wildman–Crippen MR) is 75.9 cm³/mol. The lowest BCUT2D eigenvalue weighted by molar-refractivity contribution is -0.120. The van der Waals surface area contributed by atoms with Crippen LogP contribution in [0.5, 0.6) is 0 Å². The number of carbonyl (C=O) groups is 1. The van der Waals surface area contributed by atoms with E-state index in [-0.39, 0.29) is 17.9 Å². The Labute approximate surface area is 118 Å². The third-order valence-corrected chi connectivity index (χ3v) is 4.34. The van der Waals surface area contributed by atoms with E-state index in [2.05, 4.69) is 10.3 Å². The molecule has 0 spiro atoms. The molecule has 0 radical (unpaired) electrons. The number of aliphatic hydroxyl groups is 1. The van der Waals surface area contributed by atoms with E-state index >= 15 is 0 Å². The van der Waals surface area contributed by atoms with E-state index in [1.165, 1.54) is 0 Å². The summed E-state index contributed by atoms with van der Waals surface area (Å²) in [5.41, 5.74) is 0. The second-order valence-corrected chi connectivity index (χ2v) is 5.94. The van der Waals surface area contributed by atoms with Gasteiger partial charge >= 0.3 is 0 Å². The second-order valence-electron chi connectivity index (χ2n) is 4.83. The number of aromatic nitrogens is 1. The van der Waals surface area contributed by atoms with Crippen LogP contribution in [0.4, 0.5) is 0 Å². The highest BCUT2D eigenvalue weighted by atomic mass is 32.2. The van der Waals surface area contributed by atoms with Crippen molar-refractivity contribution in [2.24, 2.45) is 5.92 Å². The predicted octanol–water partition coefficient (Wildman–Crippen LogP) is 1.84. The van der Waals surface area contributed by atoms with Crippen LogP contribution in [0.3, 0.4) is 0 Å². The van der Waals surface area contributed by atoms with Crippen LogP contribution in [0, 0.1) is 5.92 Å². The van der Waals surface area contributed by atoms with E-state index in [1.54, 1.807) is 18.0 Å². The van der Waals surface area contributed by atoms with Gasteiger partial charge in [0.15, 0.2) is 0 Å². The molecule has 0 aliphatic heterocycles. The first-order valence-electron chi connectivity index (χ1n) is 6.74. The zero-order valence-electron chi connectivity index (χ0n) is 10.9. The molecule has 0 bridgehead atoms. The Bertz CT molecular complexity index is 400. The molecule has 2 atom stereocenters. The van der Waals surface area contributed by atoms with Crippen LogP contribution in [0.2, 0.25) is 0 Å². The molecule has 2 unspecified atom stereocenters. The summed E-state index contributed by atoms with van der Waals surface area (Å²) >= 11 is 1.59. The number of nitrogens with one attached hydrogen (secondary N) is 1. The van der Waals surface area contributed by atoms with E-state index in [1.807, 2.05) is 18.2 Å². The van der Waals surface area contributed by atoms with Gasteiger partial charge in [-0.05, 0) is 25.0 Å². The molecule has 1 aliphatic rings. The van der Waals surface area contributed by atoms with Gasteiger partial charge in [-0.25, -0.2) is 4.98 Å². The van der Waals surface area contributed by atoms with Crippen molar-refractivity contribution in [3.05, 3.63) is 24.4 Å². The third kappa shape index (κ3) is 4.84. The largest absolute Gasteiger partial charge is 0.393 e. The standard InChI is InChI=1S/C14H20N2O2S/c17-12-5-3-4-11(12)10-16-13(18)7-9-19-14-6-1-2-8-15-14/h1-2,6,8,11-12,17H,3-5,7,9-10H2,(H,16,18). The number of amides is 1. The molecule has 0 saturated heterocycles. The average molecular weight is 280 g/mol. The van der Waals surface area contributed by atoms with E-state index < -0.39 is 0 Å². The fraction of sp³-hybridized carbons (Fsp3) is 0.571. The first-order valence-corrected chi connectivity index (χ1v) is 7.73. The molecule has 4 nitrogen and oxygen atoms in total. The van der Waals surface area contributed by atoms with Crippen molar-refractivity contribution < 1.29 is 9.90 Å². The number of hydrogen-bond donors (Lipinski definition) is 2. The smallest absolute Gasteiger partial charge is 0.220 e. The van der Waals surface area contributed by atoms with Gasteiger partial charge in [-0.15, -0.1) is 11.8 Å². The van der Waals surface area contributed by atoms with Crippen molar-refractivity contribution in [2.75, 3.05) is 12.3 Å². The monoisotopic (exact) mass is 280 g/mol. The highest BCUT2D eigenvalue weighted by Gasteiger charge is 2.25. The minimum Gasteiger partial charge on any atom is -0.393 e. The van der Waals surface area contributed by atoms with Crippen molar-refractivity contribution in [2.45, 2.75) is 36.8 Å². The second kappa shape index (κ2) is 7.50. The molecule has 1 aromatic heterocycles. The third-order valence-electron chi connectivity index (χ3n) is 3.40. The average Bonchev–Trinajstić information content (AvgIpc) is 2.83. The first kappa shape index (κ1) is 14.3. The molecule has 19 heavy (non-hydrogen) atoms. The Morgan fingerprint density at radius 2 is 2.37 bits per heavy atom. The maximum absolute atomic E-state index is 11.7. The van der Waals surface area contributed by atoms with Crippen LogP contribution in [0.25, 0.3) is 0 Å². The van der Waals surface area contributed by atoms with Gasteiger partial charge in [0.05, 0.1) is 11.1 Å². The summed E-state index contributed by atoms with van der Waals surface area (Å²) < 4.78 is 0. The number of nitrogens with zero attached hydrogens (tertiary/aromatic N) is 1. The van der Waals surface area contributed by atoms with Crippen molar-refractivity contribution in [1.82, 2.24) is 10.3 Å². The molecule has 2 rings (SSSR count). The molecule has 5 heteroatoms. The Morgan fingerprint density at radius 3 is 3.05 bits per heavy atom. The van der Waals surface area contributed by atoms with E-state index in [4.69, 9.17) is 0 Å². The topological polar surface area (TPSA) is 62.2 Å².